The number of nitriles is 1. The summed E-state index contributed by atoms with van der Waals surface area (Å²) >= 11 is 0. The molecule has 1 atom stereocenters. The van der Waals surface area contributed by atoms with Crippen molar-refractivity contribution in [2.45, 2.75) is 44.4 Å². The largest absolute Gasteiger partial charge is 0.485 e. The number of aliphatic carboxylic acids is 1. The van der Waals surface area contributed by atoms with Crippen LogP contribution in [0.2, 0.25) is 0 Å². The zero-order chi connectivity index (χ0) is 22.4. The first kappa shape index (κ1) is 22.5. The Morgan fingerprint density at radius 3 is 2.45 bits per heavy atom. The summed E-state index contributed by atoms with van der Waals surface area (Å²) in [6, 6.07) is 15.6. The van der Waals surface area contributed by atoms with Crippen LogP contribution in [0.1, 0.15) is 30.9 Å². The van der Waals surface area contributed by atoms with Crippen LogP contribution in [0, 0.1) is 11.3 Å². The van der Waals surface area contributed by atoms with Gasteiger partial charge in [-0.2, -0.15) is 14.0 Å². The summed E-state index contributed by atoms with van der Waals surface area (Å²) in [4.78, 5) is 13.1. The molecule has 0 saturated carbocycles. The van der Waals surface area contributed by atoms with E-state index in [-0.39, 0.29) is 18.1 Å². The number of hydrogen-bond donors (Lipinski definition) is 1. The van der Waals surface area contributed by atoms with Crippen LogP contribution >= 0.6 is 0 Å². The monoisotopic (exact) mass is 430 g/mol. The van der Waals surface area contributed by atoms with Gasteiger partial charge in [0.2, 0.25) is 0 Å². The molecule has 1 saturated heterocycles. The summed E-state index contributed by atoms with van der Waals surface area (Å²) in [6.07, 6.45) is 0.850. The Balaban J connectivity index is 1.84. The van der Waals surface area contributed by atoms with Crippen molar-refractivity contribution >= 4 is 5.97 Å². The number of benzene rings is 2. The van der Waals surface area contributed by atoms with Crippen LogP contribution in [-0.4, -0.2) is 41.7 Å². The predicted molar refractivity (Wildman–Crippen MR) is 109 cm³/mol. The molecular formula is C23H24F2N2O4. The highest BCUT2D eigenvalue weighted by molar-refractivity contribution is 5.72. The average molecular weight is 430 g/mol. The van der Waals surface area contributed by atoms with Gasteiger partial charge >= 0.3 is 12.6 Å². The van der Waals surface area contributed by atoms with E-state index in [0.717, 1.165) is 5.56 Å². The fraction of sp³-hybridized carbons (Fsp3) is 0.391. The molecule has 0 bridgehead atoms. The lowest BCUT2D eigenvalue weighted by Gasteiger charge is -2.39. The fourth-order valence-corrected chi connectivity index (χ4v) is 3.76. The number of carboxylic acid groups (broad SMARTS) is 1. The van der Waals surface area contributed by atoms with Crippen molar-refractivity contribution in [2.24, 2.45) is 0 Å². The molecule has 6 nitrogen and oxygen atoms in total. The van der Waals surface area contributed by atoms with E-state index in [0.29, 0.717) is 31.5 Å². The highest BCUT2D eigenvalue weighted by atomic mass is 19.3. The molecule has 0 aliphatic carbocycles. The van der Waals surface area contributed by atoms with E-state index in [1.807, 2.05) is 35.2 Å². The molecule has 1 unspecified atom stereocenters. The molecule has 1 heterocycles. The number of alkyl halides is 2. The summed E-state index contributed by atoms with van der Waals surface area (Å²) in [5.41, 5.74) is 0.646. The van der Waals surface area contributed by atoms with Crippen molar-refractivity contribution in [1.29, 1.82) is 5.26 Å². The number of ether oxygens (including phenoxy) is 2. The van der Waals surface area contributed by atoms with Crippen LogP contribution < -0.4 is 9.47 Å². The standard InChI is InChI=1S/C23H24F2N2O4/c1-16(21(28)29)27-11-9-23(15-26,10-12-27)18-7-8-19(31-22(24)25)20(13-18)30-14-17-5-3-2-4-6-17/h2-8,13,16,22H,9-12,14H2,1H3,(H,28,29). The summed E-state index contributed by atoms with van der Waals surface area (Å²) in [7, 11) is 0. The molecule has 0 aromatic heterocycles. The Labute approximate surface area is 179 Å². The van der Waals surface area contributed by atoms with Crippen molar-refractivity contribution in [2.75, 3.05) is 13.1 Å². The molecule has 3 rings (SSSR count). The van der Waals surface area contributed by atoms with Crippen molar-refractivity contribution < 1.29 is 28.2 Å². The minimum atomic E-state index is -3.00. The Hall–Kier alpha value is -3.18. The second-order valence-electron chi connectivity index (χ2n) is 7.56. The minimum Gasteiger partial charge on any atom is -0.485 e. The molecule has 1 N–H and O–H groups in total. The molecule has 1 aliphatic heterocycles. The topological polar surface area (TPSA) is 82.8 Å². The first-order valence-electron chi connectivity index (χ1n) is 9.99. The molecule has 0 spiro atoms. The third-order valence-corrected chi connectivity index (χ3v) is 5.72. The summed E-state index contributed by atoms with van der Waals surface area (Å²) in [5, 5.41) is 19.2. The van der Waals surface area contributed by atoms with Crippen molar-refractivity contribution in [3.63, 3.8) is 0 Å². The third-order valence-electron chi connectivity index (χ3n) is 5.72. The second kappa shape index (κ2) is 9.75. The Morgan fingerprint density at radius 1 is 1.19 bits per heavy atom. The van der Waals surface area contributed by atoms with E-state index in [9.17, 15) is 23.9 Å². The van der Waals surface area contributed by atoms with Gasteiger partial charge in [0.15, 0.2) is 11.5 Å². The molecular weight excluding hydrogens is 406 g/mol. The maximum Gasteiger partial charge on any atom is 0.387 e. The number of rotatable bonds is 8. The molecule has 8 heteroatoms. The number of piperidine rings is 1. The highest BCUT2D eigenvalue weighted by Gasteiger charge is 2.39. The van der Waals surface area contributed by atoms with Crippen LogP contribution in [0.5, 0.6) is 11.5 Å². The van der Waals surface area contributed by atoms with Gasteiger partial charge < -0.3 is 14.6 Å². The van der Waals surface area contributed by atoms with Gasteiger partial charge in [0.1, 0.15) is 12.6 Å². The van der Waals surface area contributed by atoms with E-state index in [1.54, 1.807) is 19.1 Å². The molecule has 1 aliphatic rings. The van der Waals surface area contributed by atoms with E-state index in [4.69, 9.17) is 4.74 Å². The van der Waals surface area contributed by atoms with Gasteiger partial charge in [0.25, 0.3) is 0 Å². The molecule has 31 heavy (non-hydrogen) atoms. The molecule has 2 aromatic carbocycles. The number of likely N-dealkylation sites (tertiary alicyclic amines) is 1. The minimum absolute atomic E-state index is 0.0975. The van der Waals surface area contributed by atoms with E-state index >= 15 is 0 Å². The molecule has 0 amide bonds. The van der Waals surface area contributed by atoms with Crippen LogP contribution in [0.25, 0.3) is 0 Å². The first-order valence-corrected chi connectivity index (χ1v) is 9.99. The SMILES string of the molecule is CC(C(=O)O)N1CCC(C#N)(c2ccc(OC(F)F)c(OCc3ccccc3)c2)CC1. The average Bonchev–Trinajstić information content (AvgIpc) is 2.78. The molecule has 164 valence electrons. The van der Waals surface area contributed by atoms with Gasteiger partial charge in [0.05, 0.1) is 11.5 Å². The van der Waals surface area contributed by atoms with Gasteiger partial charge in [0, 0.05) is 13.1 Å². The van der Waals surface area contributed by atoms with Crippen molar-refractivity contribution in [3.05, 3.63) is 59.7 Å². The quantitative estimate of drug-likeness (QED) is 0.676. The van der Waals surface area contributed by atoms with Gasteiger partial charge in [-0.25, -0.2) is 0 Å². The van der Waals surface area contributed by atoms with Gasteiger partial charge in [-0.3, -0.25) is 9.69 Å². The fourth-order valence-electron chi connectivity index (χ4n) is 3.76. The number of carbonyl (C=O) groups is 1. The van der Waals surface area contributed by atoms with Crippen LogP contribution in [0.15, 0.2) is 48.5 Å². The Morgan fingerprint density at radius 2 is 1.87 bits per heavy atom. The smallest absolute Gasteiger partial charge is 0.387 e. The normalized spacial score (nSPS) is 17.0. The highest BCUT2D eigenvalue weighted by Crippen LogP contribution is 2.40. The maximum atomic E-state index is 12.9. The lowest BCUT2D eigenvalue weighted by atomic mass is 9.73. The first-order chi connectivity index (χ1) is 14.8. The molecule has 2 aromatic rings. The summed E-state index contributed by atoms with van der Waals surface area (Å²) in [6.45, 7) is -0.343. The third kappa shape index (κ3) is 5.30. The molecule has 0 radical (unpaired) electrons. The van der Waals surface area contributed by atoms with Crippen LogP contribution in [-0.2, 0) is 16.8 Å². The van der Waals surface area contributed by atoms with E-state index in [2.05, 4.69) is 10.8 Å². The lowest BCUT2D eigenvalue weighted by molar-refractivity contribution is -0.143. The van der Waals surface area contributed by atoms with Crippen LogP contribution in [0.4, 0.5) is 8.78 Å². The summed E-state index contributed by atoms with van der Waals surface area (Å²) in [5.74, 6) is -0.869. The molecule has 1 fully saturated rings. The Bertz CT molecular complexity index is 938. The zero-order valence-electron chi connectivity index (χ0n) is 17.1. The predicted octanol–water partition coefficient (Wildman–Crippen LogP) is 4.20. The summed E-state index contributed by atoms with van der Waals surface area (Å²) < 4.78 is 36.1. The van der Waals surface area contributed by atoms with Gasteiger partial charge in [-0.1, -0.05) is 36.4 Å². The van der Waals surface area contributed by atoms with Crippen LogP contribution in [0.3, 0.4) is 0 Å². The van der Waals surface area contributed by atoms with Gasteiger partial charge in [-0.15, -0.1) is 0 Å². The maximum absolute atomic E-state index is 12.9. The van der Waals surface area contributed by atoms with Crippen molar-refractivity contribution in [1.82, 2.24) is 4.90 Å². The lowest BCUT2D eigenvalue weighted by Crippen LogP contribution is -2.48. The van der Waals surface area contributed by atoms with E-state index in [1.165, 1.54) is 6.07 Å². The zero-order valence-corrected chi connectivity index (χ0v) is 17.1. The Kier molecular flexibility index (Phi) is 7.08. The number of nitrogens with zero attached hydrogens (tertiary/aromatic N) is 2. The number of halogens is 2. The number of hydrogen-bond acceptors (Lipinski definition) is 5. The number of carboxylic acids is 1. The second-order valence-corrected chi connectivity index (χ2v) is 7.56. The van der Waals surface area contributed by atoms with Gasteiger partial charge in [-0.05, 0) is 43.0 Å². The van der Waals surface area contributed by atoms with E-state index < -0.39 is 24.0 Å². The van der Waals surface area contributed by atoms with Crippen molar-refractivity contribution in [3.8, 4) is 17.6 Å².